The number of carbonyl (C=O) groups excluding carboxylic acids is 2. The molecule has 0 spiro atoms. The van der Waals surface area contributed by atoms with Crippen molar-refractivity contribution in [2.45, 2.75) is 31.7 Å². The van der Waals surface area contributed by atoms with Crippen LogP contribution in [-0.2, 0) is 20.7 Å². The number of esters is 1. The molecule has 0 heterocycles. The number of unbranched alkanes of at least 4 members (excludes halogenated alkanes) is 1. The minimum absolute atomic E-state index is 0.0450. The summed E-state index contributed by atoms with van der Waals surface area (Å²) in [5.41, 5.74) is 0.428. The molecule has 23 heavy (non-hydrogen) atoms. The molecule has 124 valence electrons. The molecule has 0 aromatic heterocycles. The molecule has 1 aromatic rings. The monoisotopic (exact) mass is 320 g/mol. The Bertz CT molecular complexity index is 586. The van der Waals surface area contributed by atoms with Crippen LogP contribution >= 0.6 is 0 Å². The number of ether oxygens (including phenoxy) is 1. The van der Waals surface area contributed by atoms with Crippen molar-refractivity contribution in [1.82, 2.24) is 5.32 Å². The molecule has 0 aliphatic carbocycles. The molecular formula is C16H20N2O5. The molecule has 7 nitrogen and oxygen atoms in total. The maximum Gasteiger partial charge on any atom is 0.328 e. The Hall–Kier alpha value is -2.70. The van der Waals surface area contributed by atoms with Gasteiger partial charge in [-0.25, -0.2) is 4.79 Å². The molecule has 1 amide bonds. The van der Waals surface area contributed by atoms with Gasteiger partial charge < -0.3 is 10.1 Å². The van der Waals surface area contributed by atoms with Crippen LogP contribution in [0.3, 0.4) is 0 Å². The third-order valence-corrected chi connectivity index (χ3v) is 3.21. The SMILES string of the molecule is C=CCCC[C@H](NC(=O)Cc1cccc([N+](=O)[O-])c1)C(=O)OC. The molecule has 1 N–H and O–H groups in total. The maximum absolute atomic E-state index is 12.0. The van der Waals surface area contributed by atoms with Gasteiger partial charge in [-0.15, -0.1) is 6.58 Å². The number of amides is 1. The van der Waals surface area contributed by atoms with Gasteiger partial charge in [0, 0.05) is 12.1 Å². The molecule has 0 radical (unpaired) electrons. The van der Waals surface area contributed by atoms with Crippen LogP contribution in [0.4, 0.5) is 5.69 Å². The zero-order valence-electron chi connectivity index (χ0n) is 13.0. The second kappa shape index (κ2) is 9.34. The third kappa shape index (κ3) is 6.29. The maximum atomic E-state index is 12.0. The predicted molar refractivity (Wildman–Crippen MR) is 84.8 cm³/mol. The lowest BCUT2D eigenvalue weighted by Gasteiger charge is -2.16. The van der Waals surface area contributed by atoms with Crippen LogP contribution in [0.5, 0.6) is 0 Å². The fraction of sp³-hybridized carbons (Fsp3) is 0.375. The topological polar surface area (TPSA) is 98.5 Å². The number of methoxy groups -OCH3 is 1. The largest absolute Gasteiger partial charge is 0.467 e. The molecule has 1 aromatic carbocycles. The highest BCUT2D eigenvalue weighted by atomic mass is 16.6. The van der Waals surface area contributed by atoms with Gasteiger partial charge in [0.2, 0.25) is 5.91 Å². The van der Waals surface area contributed by atoms with Gasteiger partial charge in [0.05, 0.1) is 18.5 Å². The normalized spacial score (nSPS) is 11.3. The number of nitrogens with one attached hydrogen (secondary N) is 1. The predicted octanol–water partition coefficient (Wildman–Crippen LogP) is 2.15. The first kappa shape index (κ1) is 18.3. The van der Waals surface area contributed by atoms with Gasteiger partial charge in [-0.05, 0) is 24.8 Å². The zero-order chi connectivity index (χ0) is 17.2. The van der Waals surface area contributed by atoms with E-state index >= 15 is 0 Å². The lowest BCUT2D eigenvalue weighted by molar-refractivity contribution is -0.384. The van der Waals surface area contributed by atoms with E-state index in [0.29, 0.717) is 18.4 Å². The second-order valence-electron chi connectivity index (χ2n) is 4.97. The Kier molecular flexibility index (Phi) is 7.45. The summed E-state index contributed by atoms with van der Waals surface area (Å²) < 4.78 is 4.68. The van der Waals surface area contributed by atoms with Gasteiger partial charge in [-0.2, -0.15) is 0 Å². The number of non-ortho nitro benzene ring substituents is 1. The van der Waals surface area contributed by atoms with E-state index in [9.17, 15) is 19.7 Å². The summed E-state index contributed by atoms with van der Waals surface area (Å²) in [5, 5.41) is 13.3. The molecular weight excluding hydrogens is 300 g/mol. The summed E-state index contributed by atoms with van der Waals surface area (Å²) in [5.74, 6) is -0.902. The molecule has 0 saturated carbocycles. The lowest BCUT2D eigenvalue weighted by atomic mass is 10.1. The van der Waals surface area contributed by atoms with Crippen LogP contribution in [0.25, 0.3) is 0 Å². The standard InChI is InChI=1S/C16H20N2O5/c1-3-4-5-9-14(16(20)23-2)17-15(19)11-12-7-6-8-13(10-12)18(21)22/h3,6-8,10,14H,1,4-5,9,11H2,2H3,(H,17,19)/t14-/m0/s1. The van der Waals surface area contributed by atoms with Gasteiger partial charge in [0.1, 0.15) is 6.04 Å². The second-order valence-corrected chi connectivity index (χ2v) is 4.97. The van der Waals surface area contributed by atoms with E-state index in [-0.39, 0.29) is 18.0 Å². The summed E-state index contributed by atoms with van der Waals surface area (Å²) >= 11 is 0. The van der Waals surface area contributed by atoms with Crippen LogP contribution in [0.2, 0.25) is 0 Å². The molecule has 0 unspecified atom stereocenters. The molecule has 0 bridgehead atoms. The number of nitrogens with zero attached hydrogens (tertiary/aromatic N) is 1. The number of rotatable bonds is 9. The summed E-state index contributed by atoms with van der Waals surface area (Å²) in [4.78, 5) is 33.9. The Labute approximate surface area is 134 Å². The van der Waals surface area contributed by atoms with Crippen LogP contribution < -0.4 is 5.32 Å². The van der Waals surface area contributed by atoms with Gasteiger partial charge in [0.25, 0.3) is 5.69 Å². The molecule has 1 rings (SSSR count). The minimum atomic E-state index is -0.730. The smallest absolute Gasteiger partial charge is 0.328 e. The van der Waals surface area contributed by atoms with Crippen molar-refractivity contribution in [3.8, 4) is 0 Å². The van der Waals surface area contributed by atoms with Crippen molar-refractivity contribution in [3.05, 3.63) is 52.6 Å². The Balaban J connectivity index is 2.67. The number of allylic oxidation sites excluding steroid dienone is 1. The Morgan fingerprint density at radius 1 is 1.48 bits per heavy atom. The Morgan fingerprint density at radius 2 is 2.22 bits per heavy atom. The fourth-order valence-corrected chi connectivity index (χ4v) is 2.07. The number of nitro groups is 1. The highest BCUT2D eigenvalue weighted by Crippen LogP contribution is 2.13. The van der Waals surface area contributed by atoms with Crippen LogP contribution in [0.15, 0.2) is 36.9 Å². The highest BCUT2D eigenvalue weighted by Gasteiger charge is 2.21. The van der Waals surface area contributed by atoms with Crippen LogP contribution in [0.1, 0.15) is 24.8 Å². The average molecular weight is 320 g/mol. The van der Waals surface area contributed by atoms with Crippen LogP contribution in [0, 0.1) is 10.1 Å². The van der Waals surface area contributed by atoms with E-state index in [1.165, 1.54) is 25.3 Å². The number of hydrogen-bond acceptors (Lipinski definition) is 5. The summed E-state index contributed by atoms with van der Waals surface area (Å²) in [6.45, 7) is 3.60. The van der Waals surface area contributed by atoms with E-state index < -0.39 is 16.9 Å². The summed E-state index contributed by atoms with van der Waals surface area (Å²) in [7, 11) is 1.26. The number of hydrogen-bond donors (Lipinski definition) is 1. The molecule has 1 atom stereocenters. The van der Waals surface area contributed by atoms with Crippen molar-refractivity contribution in [2.24, 2.45) is 0 Å². The number of benzene rings is 1. The zero-order valence-corrected chi connectivity index (χ0v) is 13.0. The minimum Gasteiger partial charge on any atom is -0.467 e. The molecule has 0 aliphatic rings. The highest BCUT2D eigenvalue weighted by molar-refractivity contribution is 5.85. The summed E-state index contributed by atoms with van der Waals surface area (Å²) in [6.07, 6.45) is 3.56. The van der Waals surface area contributed by atoms with E-state index in [2.05, 4.69) is 16.6 Å². The first-order valence-electron chi connectivity index (χ1n) is 7.19. The molecule has 7 heteroatoms. The first-order valence-corrected chi connectivity index (χ1v) is 7.19. The molecule has 0 saturated heterocycles. The third-order valence-electron chi connectivity index (χ3n) is 3.21. The van der Waals surface area contributed by atoms with Crippen molar-refractivity contribution in [2.75, 3.05) is 7.11 Å². The number of nitro benzene ring substituents is 1. The van der Waals surface area contributed by atoms with E-state index in [1.54, 1.807) is 12.1 Å². The average Bonchev–Trinajstić information content (AvgIpc) is 2.53. The summed E-state index contributed by atoms with van der Waals surface area (Å²) in [6, 6.07) is 5.10. The Morgan fingerprint density at radius 3 is 2.83 bits per heavy atom. The van der Waals surface area contributed by atoms with E-state index in [1.807, 2.05) is 0 Å². The molecule has 0 fully saturated rings. The molecule has 0 aliphatic heterocycles. The van der Waals surface area contributed by atoms with Crippen LogP contribution in [-0.4, -0.2) is 30.0 Å². The van der Waals surface area contributed by atoms with Gasteiger partial charge in [-0.1, -0.05) is 18.2 Å². The van der Waals surface area contributed by atoms with Crippen molar-refractivity contribution < 1.29 is 19.2 Å². The van der Waals surface area contributed by atoms with Gasteiger partial charge in [-0.3, -0.25) is 14.9 Å². The van der Waals surface area contributed by atoms with Crippen molar-refractivity contribution in [1.29, 1.82) is 0 Å². The van der Waals surface area contributed by atoms with Crippen molar-refractivity contribution in [3.63, 3.8) is 0 Å². The number of carbonyl (C=O) groups is 2. The lowest BCUT2D eigenvalue weighted by Crippen LogP contribution is -2.42. The van der Waals surface area contributed by atoms with E-state index in [4.69, 9.17) is 0 Å². The van der Waals surface area contributed by atoms with Crippen molar-refractivity contribution >= 4 is 17.6 Å². The quantitative estimate of drug-likeness (QED) is 0.247. The fourth-order valence-electron chi connectivity index (χ4n) is 2.07. The van der Waals surface area contributed by atoms with Gasteiger partial charge >= 0.3 is 5.97 Å². The van der Waals surface area contributed by atoms with E-state index in [0.717, 1.165) is 6.42 Å². The van der Waals surface area contributed by atoms with Gasteiger partial charge in [0.15, 0.2) is 0 Å². The first-order chi connectivity index (χ1) is 11.0.